The second-order valence-corrected chi connectivity index (χ2v) is 15.4. The minimum absolute atomic E-state index is 0. The van der Waals surface area contributed by atoms with E-state index in [1.54, 1.807) is 0 Å². The summed E-state index contributed by atoms with van der Waals surface area (Å²) in [5.74, 6) is 2.26. The van der Waals surface area contributed by atoms with Gasteiger partial charge in [0, 0.05) is 53.6 Å². The molecule has 60 heavy (non-hydrogen) atoms. The van der Waals surface area contributed by atoms with E-state index >= 15 is 0 Å². The normalized spacial score (nSPS) is 13.5. The molecule has 292 valence electrons. The number of benzene rings is 6. The first-order valence-corrected chi connectivity index (χ1v) is 20.0. The molecule has 9 aromatic rings. The smallest absolute Gasteiger partial charge is 0.436 e. The molecule has 10 rings (SSSR count). The van der Waals surface area contributed by atoms with Gasteiger partial charge in [0.25, 0.3) is 0 Å². The average molecular weight is 955 g/mol. The molecule has 0 spiro atoms. The van der Waals surface area contributed by atoms with Gasteiger partial charge >= 0.3 is 27.1 Å². The Morgan fingerprint density at radius 3 is 2.00 bits per heavy atom. The summed E-state index contributed by atoms with van der Waals surface area (Å²) in [5, 5.41) is 0. The number of fused-ring (bicyclic) bond motifs is 3. The molecule has 0 amide bonds. The second kappa shape index (κ2) is 15.9. The molecule has 0 radical (unpaired) electrons. The number of nitrogens with zero attached hydrogens (tertiary/aromatic N) is 7. The number of aryl methyl sites for hydroxylation is 2. The average Bonchev–Trinajstić information content (AvgIpc) is 4.07. The van der Waals surface area contributed by atoms with Gasteiger partial charge in [0.15, 0.2) is 0 Å². The zero-order valence-corrected chi connectivity index (χ0v) is 36.2. The largest absolute Gasteiger partial charge is 3.00 e. The zero-order valence-electron chi connectivity index (χ0n) is 33.8. The fourth-order valence-corrected chi connectivity index (χ4v) is 8.96. The van der Waals surface area contributed by atoms with Crippen molar-refractivity contribution in [2.45, 2.75) is 32.1 Å². The van der Waals surface area contributed by atoms with Crippen LogP contribution in [0.2, 0.25) is 0 Å². The van der Waals surface area contributed by atoms with Crippen LogP contribution in [0.3, 0.4) is 0 Å². The van der Waals surface area contributed by atoms with Crippen molar-refractivity contribution < 1.29 is 20.1 Å². The molecular weight excluding hydrogens is 914 g/mol. The number of hydrogen-bond donors (Lipinski definition) is 0. The van der Waals surface area contributed by atoms with Crippen molar-refractivity contribution in [2.75, 3.05) is 11.9 Å². The molecule has 2 atom stereocenters. The molecular formula is C51H41BIrN7. The summed E-state index contributed by atoms with van der Waals surface area (Å²) < 4.78 is 6.68. The molecule has 0 aliphatic carbocycles. The van der Waals surface area contributed by atoms with Crippen LogP contribution >= 0.6 is 0 Å². The predicted octanol–water partition coefficient (Wildman–Crippen LogP) is 9.16. The summed E-state index contributed by atoms with van der Waals surface area (Å²) in [5.41, 5.74) is 10.8. The summed E-state index contributed by atoms with van der Waals surface area (Å²) in [7, 11) is 2.18. The van der Waals surface area contributed by atoms with Crippen LogP contribution in [0.15, 0.2) is 171 Å². The van der Waals surface area contributed by atoms with Crippen LogP contribution in [-0.2, 0) is 25.5 Å². The van der Waals surface area contributed by atoms with Gasteiger partial charge in [-0.1, -0.05) is 77.0 Å². The first kappa shape index (κ1) is 39.0. The van der Waals surface area contributed by atoms with Gasteiger partial charge in [-0.3, -0.25) is 4.98 Å². The van der Waals surface area contributed by atoms with Crippen LogP contribution in [0, 0.1) is 32.0 Å². The van der Waals surface area contributed by atoms with E-state index in [9.17, 15) is 0 Å². The van der Waals surface area contributed by atoms with Gasteiger partial charge in [0.1, 0.15) is 11.6 Å². The summed E-state index contributed by atoms with van der Waals surface area (Å²) in [6, 6.07) is 59.2. The molecule has 0 fully saturated rings. The number of para-hydroxylation sites is 2. The maximum Gasteiger partial charge on any atom is 3.00 e. The molecule has 0 N–H and O–H groups in total. The first-order chi connectivity index (χ1) is 28.9. The van der Waals surface area contributed by atoms with E-state index in [-0.39, 0.29) is 33.0 Å². The molecule has 1 aliphatic rings. The molecule has 3 aromatic heterocycles. The van der Waals surface area contributed by atoms with E-state index in [4.69, 9.17) is 15.0 Å². The Morgan fingerprint density at radius 2 is 1.32 bits per heavy atom. The van der Waals surface area contributed by atoms with Gasteiger partial charge < -0.3 is 18.4 Å². The molecule has 0 saturated carbocycles. The van der Waals surface area contributed by atoms with E-state index < -0.39 is 5.41 Å². The molecule has 1 aliphatic heterocycles. The Hall–Kier alpha value is -6.54. The van der Waals surface area contributed by atoms with E-state index in [2.05, 4.69) is 174 Å². The van der Waals surface area contributed by atoms with Gasteiger partial charge in [0.2, 0.25) is 0 Å². The van der Waals surface area contributed by atoms with Gasteiger partial charge in [0.05, 0.1) is 11.6 Å². The summed E-state index contributed by atoms with van der Waals surface area (Å²) in [4.78, 5) is 18.1. The molecule has 4 heterocycles. The van der Waals surface area contributed by atoms with Crippen molar-refractivity contribution in [1.29, 1.82) is 0 Å². The third-order valence-corrected chi connectivity index (χ3v) is 11.9. The molecule has 7 nitrogen and oxygen atoms in total. The standard InChI is InChI=1S/C51H41BN7.Ir/c1-36-18-17-19-37(2)47(36)52-56(4)45-29-28-40(51(3,39-22-11-6-12-23-39)50-54-31-33-58(50)42-26-15-8-16-27-42)34-43(45)48-55-44(35-59(48)52)46(38-20-9-5-10-21-38)49-53-30-32-57(49)41-24-13-7-14-25-41;/h5-20,22,24-33,35,46H,1-4H3;/q-3;+3/t46-,51?;/m1./s1. The van der Waals surface area contributed by atoms with E-state index in [0.29, 0.717) is 0 Å². The monoisotopic (exact) mass is 955 g/mol. The molecule has 0 bridgehead atoms. The van der Waals surface area contributed by atoms with Crippen LogP contribution < -0.4 is 10.3 Å². The van der Waals surface area contributed by atoms with Crippen LogP contribution in [0.5, 0.6) is 0 Å². The second-order valence-electron chi connectivity index (χ2n) is 15.4. The van der Waals surface area contributed by atoms with Crippen molar-refractivity contribution in [3.63, 3.8) is 0 Å². The molecule has 9 heteroatoms. The number of imidazole rings is 3. The van der Waals surface area contributed by atoms with Crippen molar-refractivity contribution >= 4 is 18.1 Å². The van der Waals surface area contributed by atoms with Crippen molar-refractivity contribution in [1.82, 2.24) is 28.6 Å². The van der Waals surface area contributed by atoms with Crippen LogP contribution in [-0.4, -0.2) is 42.6 Å². The van der Waals surface area contributed by atoms with E-state index in [1.807, 2.05) is 61.2 Å². The molecule has 6 aromatic carbocycles. The van der Waals surface area contributed by atoms with Crippen molar-refractivity contribution in [3.8, 4) is 22.8 Å². The van der Waals surface area contributed by atoms with Gasteiger partial charge in [-0.25, -0.2) is 9.97 Å². The van der Waals surface area contributed by atoms with Crippen LogP contribution in [0.1, 0.15) is 58.0 Å². The van der Waals surface area contributed by atoms with Crippen LogP contribution in [0.4, 0.5) is 5.69 Å². The fourth-order valence-electron chi connectivity index (χ4n) is 8.96. The third-order valence-electron chi connectivity index (χ3n) is 11.9. The molecule has 1 unspecified atom stereocenters. The maximum atomic E-state index is 5.66. The van der Waals surface area contributed by atoms with Crippen LogP contribution in [0.25, 0.3) is 22.8 Å². The number of hydrogen-bond acceptors (Lipinski definition) is 4. The maximum absolute atomic E-state index is 5.66. The fraction of sp³-hybridized carbons (Fsp3) is 0.118. The minimum Gasteiger partial charge on any atom is -0.436 e. The Bertz CT molecular complexity index is 2890. The summed E-state index contributed by atoms with van der Waals surface area (Å²) in [6.07, 6.45) is 10.0. The quantitative estimate of drug-likeness (QED) is 0.107. The van der Waals surface area contributed by atoms with Gasteiger partial charge in [-0.2, -0.15) is 60.7 Å². The Kier molecular flexibility index (Phi) is 10.3. The molecule has 0 saturated heterocycles. The van der Waals surface area contributed by atoms with Crippen molar-refractivity contribution in [3.05, 3.63) is 234 Å². The van der Waals surface area contributed by atoms with Gasteiger partial charge in [-0.05, 0) is 57.5 Å². The third kappa shape index (κ3) is 6.46. The number of anilines is 1. The Balaban J connectivity index is 0.00000462. The van der Waals surface area contributed by atoms with E-state index in [0.717, 1.165) is 62.5 Å². The topological polar surface area (TPSA) is 56.7 Å². The van der Waals surface area contributed by atoms with Gasteiger partial charge in [-0.15, -0.1) is 34.9 Å². The minimum atomic E-state index is -0.736. The van der Waals surface area contributed by atoms with Crippen molar-refractivity contribution in [2.24, 2.45) is 0 Å². The summed E-state index contributed by atoms with van der Waals surface area (Å²) in [6.45, 7) is 6.47. The Morgan fingerprint density at radius 1 is 0.667 bits per heavy atom. The zero-order chi connectivity index (χ0) is 40.1. The summed E-state index contributed by atoms with van der Waals surface area (Å²) >= 11 is 0. The SMILES string of the molecule is Cc1cccc(C)c1B1N(C)c2ccc(C(C)(c3[c-]cccc3)c3nccn3-c3ccccc3)[c-]c2-c2nc([C@@H](c3[c-]cccc3)c3nccn3-c3ccccc3)cn21.[Ir+3]. The van der Waals surface area contributed by atoms with E-state index in [1.165, 1.54) is 16.6 Å². The Labute approximate surface area is 365 Å². The number of rotatable bonds is 9. The number of aromatic nitrogens is 6. The first-order valence-electron chi connectivity index (χ1n) is 20.0. The predicted molar refractivity (Wildman–Crippen MR) is 236 cm³/mol.